The zero-order chi connectivity index (χ0) is 22.5. The number of esters is 1. The standard InChI is InChI=1S/C25H25NO6/c1-16-7-5-6-10-21(16)30-15-23(27)31-19-12-11-17-13-20(25(29)32-22(17)14-19)24(28)26-18-8-3-2-4-9-18/h5-7,10-14,18H,2-4,8-9,15H2,1H3,(H,26,28). The van der Waals surface area contributed by atoms with Gasteiger partial charge in [0.15, 0.2) is 6.61 Å². The van der Waals surface area contributed by atoms with Crippen LogP contribution in [0.1, 0.15) is 48.0 Å². The molecule has 7 heteroatoms. The van der Waals surface area contributed by atoms with E-state index in [0.29, 0.717) is 11.1 Å². The summed E-state index contributed by atoms with van der Waals surface area (Å²) in [6.45, 7) is 1.63. The van der Waals surface area contributed by atoms with Gasteiger partial charge in [-0.1, -0.05) is 37.5 Å². The summed E-state index contributed by atoms with van der Waals surface area (Å²) in [6.07, 6.45) is 5.18. The molecule has 2 aromatic carbocycles. The Labute approximate surface area is 185 Å². The summed E-state index contributed by atoms with van der Waals surface area (Å²) in [5, 5.41) is 3.49. The maximum atomic E-state index is 12.5. The van der Waals surface area contributed by atoms with E-state index < -0.39 is 17.5 Å². The summed E-state index contributed by atoms with van der Waals surface area (Å²) in [5.74, 6) is -0.179. The highest BCUT2D eigenvalue weighted by Crippen LogP contribution is 2.22. The third kappa shape index (κ3) is 5.17. The van der Waals surface area contributed by atoms with Crippen molar-refractivity contribution >= 4 is 22.8 Å². The molecule has 1 N–H and O–H groups in total. The van der Waals surface area contributed by atoms with Crippen LogP contribution < -0.4 is 20.4 Å². The SMILES string of the molecule is Cc1ccccc1OCC(=O)Oc1ccc2cc(C(=O)NC3CCCCC3)c(=O)oc2c1. The first kappa shape index (κ1) is 21.6. The molecule has 0 saturated heterocycles. The summed E-state index contributed by atoms with van der Waals surface area (Å²) in [5.41, 5.74) is 0.391. The molecule has 1 saturated carbocycles. The molecular formula is C25H25NO6. The van der Waals surface area contributed by atoms with Gasteiger partial charge < -0.3 is 19.2 Å². The van der Waals surface area contributed by atoms with Crippen LogP contribution in [0.3, 0.4) is 0 Å². The molecule has 166 valence electrons. The zero-order valence-electron chi connectivity index (χ0n) is 17.9. The van der Waals surface area contributed by atoms with Gasteiger partial charge in [0.25, 0.3) is 5.91 Å². The number of nitrogens with one attached hydrogen (secondary N) is 1. The van der Waals surface area contributed by atoms with Crippen molar-refractivity contribution in [3.05, 3.63) is 70.1 Å². The van der Waals surface area contributed by atoms with Crippen molar-refractivity contribution < 1.29 is 23.5 Å². The fourth-order valence-corrected chi connectivity index (χ4v) is 3.84. The van der Waals surface area contributed by atoms with E-state index >= 15 is 0 Å². The summed E-state index contributed by atoms with van der Waals surface area (Å²) in [6, 6.07) is 13.6. The van der Waals surface area contributed by atoms with E-state index in [0.717, 1.165) is 31.2 Å². The van der Waals surface area contributed by atoms with E-state index in [1.54, 1.807) is 18.2 Å². The van der Waals surface area contributed by atoms with Gasteiger partial charge >= 0.3 is 11.6 Å². The van der Waals surface area contributed by atoms with E-state index in [1.807, 2.05) is 25.1 Å². The molecule has 7 nitrogen and oxygen atoms in total. The van der Waals surface area contributed by atoms with Crippen molar-refractivity contribution in [2.45, 2.75) is 45.1 Å². The first-order valence-corrected chi connectivity index (χ1v) is 10.8. The Morgan fingerprint density at radius 3 is 2.62 bits per heavy atom. The number of rotatable bonds is 6. The fraction of sp³-hybridized carbons (Fsp3) is 0.320. The minimum absolute atomic E-state index is 0.0283. The predicted molar refractivity (Wildman–Crippen MR) is 119 cm³/mol. The molecule has 0 bridgehead atoms. The second kappa shape index (κ2) is 9.68. The maximum absolute atomic E-state index is 12.5. The number of ether oxygens (including phenoxy) is 2. The average molecular weight is 435 g/mol. The van der Waals surface area contributed by atoms with Crippen LogP contribution in [0.4, 0.5) is 0 Å². The normalized spacial score (nSPS) is 14.2. The maximum Gasteiger partial charge on any atom is 0.349 e. The molecule has 0 aliphatic heterocycles. The van der Waals surface area contributed by atoms with Gasteiger partial charge in [-0.05, 0) is 49.6 Å². The Morgan fingerprint density at radius 1 is 1.06 bits per heavy atom. The minimum atomic E-state index is -0.725. The lowest BCUT2D eigenvalue weighted by Crippen LogP contribution is -2.38. The number of hydrogen-bond acceptors (Lipinski definition) is 6. The Bertz CT molecular complexity index is 1190. The van der Waals surface area contributed by atoms with Gasteiger partial charge in [0.1, 0.15) is 22.6 Å². The fourth-order valence-electron chi connectivity index (χ4n) is 3.84. The Morgan fingerprint density at radius 2 is 1.84 bits per heavy atom. The highest BCUT2D eigenvalue weighted by molar-refractivity contribution is 5.97. The Hall–Kier alpha value is -3.61. The largest absolute Gasteiger partial charge is 0.482 e. The van der Waals surface area contributed by atoms with Crippen molar-refractivity contribution in [2.24, 2.45) is 0 Å². The molecule has 0 unspecified atom stereocenters. The van der Waals surface area contributed by atoms with Gasteiger partial charge in [-0.25, -0.2) is 9.59 Å². The topological polar surface area (TPSA) is 94.8 Å². The number of hydrogen-bond donors (Lipinski definition) is 1. The molecule has 4 rings (SSSR count). The molecule has 0 atom stereocenters. The molecule has 1 aliphatic rings. The molecule has 0 radical (unpaired) electrons. The molecule has 1 amide bonds. The molecule has 1 aliphatic carbocycles. The molecule has 0 spiro atoms. The summed E-state index contributed by atoms with van der Waals surface area (Å²) in [7, 11) is 0. The second-order valence-corrected chi connectivity index (χ2v) is 7.98. The number of benzene rings is 2. The van der Waals surface area contributed by atoms with E-state index in [2.05, 4.69) is 5.32 Å². The summed E-state index contributed by atoms with van der Waals surface area (Å²) >= 11 is 0. The van der Waals surface area contributed by atoms with Crippen molar-refractivity contribution in [1.29, 1.82) is 0 Å². The van der Waals surface area contributed by atoms with Gasteiger partial charge in [-0.15, -0.1) is 0 Å². The minimum Gasteiger partial charge on any atom is -0.482 e. The number of fused-ring (bicyclic) bond motifs is 1. The molecular weight excluding hydrogens is 410 g/mol. The summed E-state index contributed by atoms with van der Waals surface area (Å²) in [4.78, 5) is 37.1. The van der Waals surface area contributed by atoms with Crippen LogP contribution >= 0.6 is 0 Å². The lowest BCUT2D eigenvalue weighted by molar-refractivity contribution is -0.136. The molecule has 1 fully saturated rings. The number of para-hydroxylation sites is 1. The van der Waals surface area contributed by atoms with Crippen LogP contribution in [0.2, 0.25) is 0 Å². The van der Waals surface area contributed by atoms with Crippen molar-refractivity contribution in [3.8, 4) is 11.5 Å². The molecule has 1 heterocycles. The first-order chi connectivity index (χ1) is 15.5. The van der Waals surface area contributed by atoms with Crippen LogP contribution in [0, 0.1) is 6.92 Å². The van der Waals surface area contributed by atoms with Crippen molar-refractivity contribution in [1.82, 2.24) is 5.32 Å². The zero-order valence-corrected chi connectivity index (χ0v) is 17.9. The van der Waals surface area contributed by atoms with Crippen LogP contribution in [-0.4, -0.2) is 24.5 Å². The third-order valence-corrected chi connectivity index (χ3v) is 5.56. The van der Waals surface area contributed by atoms with Crippen LogP contribution in [0.25, 0.3) is 11.0 Å². The lowest BCUT2D eigenvalue weighted by Gasteiger charge is -2.22. The van der Waals surface area contributed by atoms with Gasteiger partial charge in [-0.3, -0.25) is 4.79 Å². The average Bonchev–Trinajstić information content (AvgIpc) is 2.78. The number of carbonyl (C=O) groups is 2. The van der Waals surface area contributed by atoms with E-state index in [4.69, 9.17) is 13.9 Å². The molecule has 3 aromatic rings. The highest BCUT2D eigenvalue weighted by Gasteiger charge is 2.20. The van der Waals surface area contributed by atoms with E-state index in [9.17, 15) is 14.4 Å². The first-order valence-electron chi connectivity index (χ1n) is 10.8. The quantitative estimate of drug-likeness (QED) is 0.355. The second-order valence-electron chi connectivity index (χ2n) is 7.98. The lowest BCUT2D eigenvalue weighted by atomic mass is 9.95. The summed E-state index contributed by atoms with van der Waals surface area (Å²) < 4.78 is 16.1. The number of carbonyl (C=O) groups excluding carboxylic acids is 2. The Kier molecular flexibility index (Phi) is 6.54. The molecule has 1 aromatic heterocycles. The van der Waals surface area contributed by atoms with Gasteiger partial charge in [0.05, 0.1) is 0 Å². The van der Waals surface area contributed by atoms with E-state index in [1.165, 1.54) is 18.6 Å². The highest BCUT2D eigenvalue weighted by atomic mass is 16.6. The van der Waals surface area contributed by atoms with Crippen LogP contribution in [-0.2, 0) is 4.79 Å². The number of amides is 1. The predicted octanol–water partition coefficient (Wildman–Crippen LogP) is 4.15. The van der Waals surface area contributed by atoms with Crippen LogP contribution in [0.15, 0.2) is 57.7 Å². The van der Waals surface area contributed by atoms with E-state index in [-0.39, 0.29) is 29.5 Å². The van der Waals surface area contributed by atoms with Gasteiger partial charge in [-0.2, -0.15) is 0 Å². The third-order valence-electron chi connectivity index (χ3n) is 5.56. The smallest absolute Gasteiger partial charge is 0.349 e. The monoisotopic (exact) mass is 435 g/mol. The van der Waals surface area contributed by atoms with Crippen molar-refractivity contribution in [3.63, 3.8) is 0 Å². The Balaban J connectivity index is 1.43. The van der Waals surface area contributed by atoms with Gasteiger partial charge in [0.2, 0.25) is 0 Å². The van der Waals surface area contributed by atoms with Gasteiger partial charge in [0, 0.05) is 17.5 Å². The molecule has 32 heavy (non-hydrogen) atoms. The van der Waals surface area contributed by atoms with Crippen molar-refractivity contribution in [2.75, 3.05) is 6.61 Å². The number of aryl methyl sites for hydroxylation is 1. The van der Waals surface area contributed by atoms with Crippen LogP contribution in [0.5, 0.6) is 11.5 Å².